The summed E-state index contributed by atoms with van der Waals surface area (Å²) in [6.07, 6.45) is 0.554. The van der Waals surface area contributed by atoms with E-state index in [1.54, 1.807) is 0 Å². The van der Waals surface area contributed by atoms with Crippen molar-refractivity contribution in [1.29, 1.82) is 0 Å². The quantitative estimate of drug-likeness (QED) is 0.655. The van der Waals surface area contributed by atoms with Crippen LogP contribution in [0.25, 0.3) is 0 Å². The van der Waals surface area contributed by atoms with Gasteiger partial charge in [-0.05, 0) is 49.8 Å². The monoisotopic (exact) mass is 318 g/mol. The number of hydrogen-bond acceptors (Lipinski definition) is 4. The second-order valence-electron chi connectivity index (χ2n) is 5.21. The largest absolute Gasteiger partial charge is 0.493 e. The molecule has 0 saturated heterocycles. The first kappa shape index (κ1) is 16.6. The molecule has 1 aromatic heterocycles. The summed E-state index contributed by atoms with van der Waals surface area (Å²) in [6.45, 7) is 8.51. The zero-order valence-electron chi connectivity index (χ0n) is 13.5. The van der Waals surface area contributed by atoms with E-state index in [0.29, 0.717) is 23.7 Å². The highest BCUT2D eigenvalue weighted by atomic mass is 32.2. The molecule has 1 N–H and O–H groups in total. The molecule has 0 unspecified atom stereocenters. The summed E-state index contributed by atoms with van der Waals surface area (Å²) in [4.78, 5) is 19.4. The summed E-state index contributed by atoms with van der Waals surface area (Å²) in [5.74, 6) is 1.72. The molecule has 0 saturated carbocycles. The van der Waals surface area contributed by atoms with Crippen LogP contribution in [-0.2, 0) is 6.42 Å². The van der Waals surface area contributed by atoms with E-state index in [1.165, 1.54) is 22.9 Å². The van der Waals surface area contributed by atoms with Crippen LogP contribution in [0.1, 0.15) is 29.3 Å². The number of aromatic nitrogens is 2. The lowest BCUT2D eigenvalue weighted by Gasteiger charge is -2.09. The first-order valence-electron chi connectivity index (χ1n) is 7.44. The minimum absolute atomic E-state index is 0.0628. The Kier molecular flexibility index (Phi) is 5.66. The average Bonchev–Trinajstić information content (AvgIpc) is 2.46. The van der Waals surface area contributed by atoms with Crippen molar-refractivity contribution in [1.82, 2.24) is 9.97 Å². The van der Waals surface area contributed by atoms with E-state index in [-0.39, 0.29) is 5.56 Å². The lowest BCUT2D eigenvalue weighted by Crippen LogP contribution is -2.19. The predicted octanol–water partition coefficient (Wildman–Crippen LogP) is 3.43. The number of thioether (sulfide) groups is 1. The number of nitrogens with zero attached hydrogens (tertiary/aromatic N) is 1. The normalized spacial score (nSPS) is 10.7. The van der Waals surface area contributed by atoms with E-state index >= 15 is 0 Å². The first-order valence-corrected chi connectivity index (χ1v) is 8.42. The number of aryl methyl sites for hydroxylation is 3. The minimum Gasteiger partial charge on any atom is -0.493 e. The molecule has 4 nitrogen and oxygen atoms in total. The van der Waals surface area contributed by atoms with Gasteiger partial charge in [0.15, 0.2) is 5.16 Å². The highest BCUT2D eigenvalue weighted by molar-refractivity contribution is 7.99. The molecule has 2 aromatic rings. The summed E-state index contributed by atoms with van der Waals surface area (Å²) in [5.41, 5.74) is 3.86. The highest BCUT2D eigenvalue weighted by Crippen LogP contribution is 2.17. The Hall–Kier alpha value is -1.75. The standard InChI is InChI=1S/C17H22N2O2S/c1-5-22-17-18-13(4)15(16(20)19-17)8-9-21-14-7-6-11(2)12(3)10-14/h6-7,10H,5,8-9H2,1-4H3,(H,18,19,20). The highest BCUT2D eigenvalue weighted by Gasteiger charge is 2.08. The van der Waals surface area contributed by atoms with Gasteiger partial charge in [-0.3, -0.25) is 4.79 Å². The zero-order valence-corrected chi connectivity index (χ0v) is 14.3. The molecule has 1 heterocycles. The molecule has 0 spiro atoms. The maximum Gasteiger partial charge on any atom is 0.255 e. The summed E-state index contributed by atoms with van der Waals surface area (Å²) in [7, 11) is 0. The number of ether oxygens (including phenoxy) is 1. The minimum atomic E-state index is -0.0628. The molecule has 5 heteroatoms. The maximum absolute atomic E-state index is 12.1. The Labute approximate surface area is 135 Å². The van der Waals surface area contributed by atoms with E-state index in [0.717, 1.165) is 17.2 Å². The fourth-order valence-electron chi connectivity index (χ4n) is 2.16. The van der Waals surface area contributed by atoms with Crippen LogP contribution < -0.4 is 10.3 Å². The van der Waals surface area contributed by atoms with E-state index in [4.69, 9.17) is 4.74 Å². The van der Waals surface area contributed by atoms with Gasteiger partial charge >= 0.3 is 0 Å². The number of hydrogen-bond donors (Lipinski definition) is 1. The van der Waals surface area contributed by atoms with Gasteiger partial charge in [-0.1, -0.05) is 24.8 Å². The zero-order chi connectivity index (χ0) is 16.1. The average molecular weight is 318 g/mol. The van der Waals surface area contributed by atoms with Crippen LogP contribution in [0.2, 0.25) is 0 Å². The summed E-state index contributed by atoms with van der Waals surface area (Å²) in [5, 5.41) is 0.684. The molecule has 0 radical (unpaired) electrons. The van der Waals surface area contributed by atoms with Gasteiger partial charge < -0.3 is 9.72 Å². The molecule has 0 aliphatic heterocycles. The van der Waals surface area contributed by atoms with E-state index in [1.807, 2.05) is 32.0 Å². The Morgan fingerprint density at radius 2 is 2.00 bits per heavy atom. The second-order valence-corrected chi connectivity index (χ2v) is 6.47. The maximum atomic E-state index is 12.1. The van der Waals surface area contributed by atoms with Crippen molar-refractivity contribution in [3.05, 3.63) is 50.9 Å². The van der Waals surface area contributed by atoms with E-state index in [2.05, 4.69) is 23.8 Å². The molecule has 0 aliphatic rings. The Morgan fingerprint density at radius 3 is 2.64 bits per heavy atom. The van der Waals surface area contributed by atoms with Crippen molar-refractivity contribution >= 4 is 11.8 Å². The second kappa shape index (κ2) is 7.49. The van der Waals surface area contributed by atoms with Gasteiger partial charge in [0.25, 0.3) is 5.56 Å². The number of rotatable bonds is 6. The first-order chi connectivity index (χ1) is 10.5. The Balaban J connectivity index is 2.02. The summed E-state index contributed by atoms with van der Waals surface area (Å²) < 4.78 is 5.75. The van der Waals surface area contributed by atoms with Gasteiger partial charge in [0.05, 0.1) is 6.61 Å². The lowest BCUT2D eigenvalue weighted by molar-refractivity contribution is 0.320. The molecule has 2 rings (SSSR count). The molecule has 0 amide bonds. The van der Waals surface area contributed by atoms with Crippen molar-refractivity contribution < 1.29 is 4.74 Å². The molecule has 0 fully saturated rings. The molecule has 1 aromatic carbocycles. The van der Waals surface area contributed by atoms with Crippen LogP contribution in [-0.4, -0.2) is 22.3 Å². The van der Waals surface area contributed by atoms with Crippen LogP contribution in [0.4, 0.5) is 0 Å². The Bertz CT molecular complexity index is 710. The van der Waals surface area contributed by atoms with Crippen LogP contribution in [0.15, 0.2) is 28.2 Å². The molecule has 0 aliphatic carbocycles. The van der Waals surface area contributed by atoms with Gasteiger partial charge in [0.1, 0.15) is 5.75 Å². The SMILES string of the molecule is CCSc1nc(C)c(CCOc2ccc(C)c(C)c2)c(=O)[nH]1. The molecular formula is C17H22N2O2S. The fourth-order valence-corrected chi connectivity index (χ4v) is 2.80. The smallest absolute Gasteiger partial charge is 0.255 e. The molecule has 0 bridgehead atoms. The van der Waals surface area contributed by atoms with Crippen molar-refractivity contribution in [3.63, 3.8) is 0 Å². The van der Waals surface area contributed by atoms with Crippen LogP contribution >= 0.6 is 11.8 Å². The van der Waals surface area contributed by atoms with Gasteiger partial charge in [0.2, 0.25) is 0 Å². The third-order valence-corrected chi connectivity index (χ3v) is 4.34. The number of benzene rings is 1. The van der Waals surface area contributed by atoms with Gasteiger partial charge in [-0.2, -0.15) is 0 Å². The van der Waals surface area contributed by atoms with Crippen molar-refractivity contribution in [2.75, 3.05) is 12.4 Å². The topological polar surface area (TPSA) is 55.0 Å². The third-order valence-electron chi connectivity index (χ3n) is 3.58. The fraction of sp³-hybridized carbons (Fsp3) is 0.412. The van der Waals surface area contributed by atoms with Crippen LogP contribution in [0.5, 0.6) is 5.75 Å². The Morgan fingerprint density at radius 1 is 1.23 bits per heavy atom. The summed E-state index contributed by atoms with van der Waals surface area (Å²) >= 11 is 1.54. The molecule has 0 atom stereocenters. The molecule has 118 valence electrons. The number of aromatic amines is 1. The van der Waals surface area contributed by atoms with Crippen LogP contribution in [0, 0.1) is 20.8 Å². The molecular weight excluding hydrogens is 296 g/mol. The summed E-state index contributed by atoms with van der Waals surface area (Å²) in [6, 6.07) is 6.02. The number of nitrogens with one attached hydrogen (secondary N) is 1. The van der Waals surface area contributed by atoms with Gasteiger partial charge in [0, 0.05) is 17.7 Å². The van der Waals surface area contributed by atoms with Crippen LogP contribution in [0.3, 0.4) is 0 Å². The predicted molar refractivity (Wildman–Crippen MR) is 91.1 cm³/mol. The van der Waals surface area contributed by atoms with Crippen molar-refractivity contribution in [3.8, 4) is 5.75 Å². The third kappa shape index (κ3) is 4.13. The number of H-pyrrole nitrogens is 1. The van der Waals surface area contributed by atoms with Crippen molar-refractivity contribution in [2.24, 2.45) is 0 Å². The molecule has 22 heavy (non-hydrogen) atoms. The van der Waals surface area contributed by atoms with Crippen molar-refractivity contribution in [2.45, 2.75) is 39.3 Å². The van der Waals surface area contributed by atoms with E-state index in [9.17, 15) is 4.79 Å². The lowest BCUT2D eigenvalue weighted by atomic mass is 10.1. The van der Waals surface area contributed by atoms with Gasteiger partial charge in [-0.25, -0.2) is 4.98 Å². The van der Waals surface area contributed by atoms with E-state index < -0.39 is 0 Å². The van der Waals surface area contributed by atoms with Gasteiger partial charge in [-0.15, -0.1) is 0 Å².